The number of benzene rings is 2. The summed E-state index contributed by atoms with van der Waals surface area (Å²) in [5.74, 6) is -5.30. The summed E-state index contributed by atoms with van der Waals surface area (Å²) in [6.45, 7) is 0.747. The van der Waals surface area contributed by atoms with Gasteiger partial charge < -0.3 is 10.6 Å². The molecule has 0 aromatic heterocycles. The zero-order valence-corrected chi connectivity index (χ0v) is 14.6. The van der Waals surface area contributed by atoms with Crippen molar-refractivity contribution < 1.29 is 26.4 Å². The van der Waals surface area contributed by atoms with E-state index in [0.29, 0.717) is 37.3 Å². The lowest BCUT2D eigenvalue weighted by Crippen LogP contribution is -2.28. The van der Waals surface area contributed by atoms with E-state index < -0.39 is 33.4 Å². The van der Waals surface area contributed by atoms with Gasteiger partial charge in [-0.05, 0) is 24.6 Å². The number of fused-ring (bicyclic) bond motifs is 3. The summed E-state index contributed by atoms with van der Waals surface area (Å²) in [4.78, 5) is 12.4. The Kier molecular flexibility index (Phi) is 4.11. The number of hydrogen-bond acceptors (Lipinski definition) is 4. The molecular formula is C17H14F3N3O3S. The van der Waals surface area contributed by atoms with Crippen LogP contribution in [0.15, 0.2) is 35.2 Å². The van der Waals surface area contributed by atoms with Crippen LogP contribution in [0.1, 0.15) is 16.8 Å². The van der Waals surface area contributed by atoms with E-state index in [4.69, 9.17) is 0 Å². The minimum Gasteiger partial charge on any atom is -0.380 e. The van der Waals surface area contributed by atoms with Crippen molar-refractivity contribution >= 4 is 27.3 Å². The van der Waals surface area contributed by atoms with E-state index in [1.54, 1.807) is 0 Å². The third-order valence-corrected chi connectivity index (χ3v) is 6.52. The third-order valence-electron chi connectivity index (χ3n) is 4.61. The second-order valence-electron chi connectivity index (χ2n) is 6.41. The summed E-state index contributed by atoms with van der Waals surface area (Å²) in [6.07, 6.45) is 0.697. The van der Waals surface area contributed by atoms with Crippen LogP contribution in [0.3, 0.4) is 0 Å². The number of nitrogens with one attached hydrogen (secondary N) is 2. The van der Waals surface area contributed by atoms with Gasteiger partial charge in [-0.2, -0.15) is 4.31 Å². The normalized spacial score (nSPS) is 22.5. The highest BCUT2D eigenvalue weighted by molar-refractivity contribution is 7.89. The Labute approximate surface area is 153 Å². The Morgan fingerprint density at radius 2 is 1.85 bits per heavy atom. The molecule has 0 aliphatic carbocycles. The SMILES string of the molecule is O=C(Nc1cc(F)c(F)c(F)c1)c1ccc2c(c1)S(=O)(=O)N1CCC(C1)N2. The number of hydrogen-bond donors (Lipinski definition) is 2. The first-order valence-corrected chi connectivity index (χ1v) is 9.56. The van der Waals surface area contributed by atoms with Gasteiger partial charge in [-0.1, -0.05) is 0 Å². The zero-order chi connectivity index (χ0) is 19.3. The molecule has 2 aliphatic heterocycles. The average Bonchev–Trinajstić information content (AvgIpc) is 3.05. The summed E-state index contributed by atoms with van der Waals surface area (Å²) in [5, 5.41) is 5.39. The molecule has 2 aliphatic rings. The van der Waals surface area contributed by atoms with Crippen LogP contribution in [0, 0.1) is 17.5 Å². The minimum absolute atomic E-state index is 0.00543. The maximum Gasteiger partial charge on any atom is 0.255 e. The maximum absolute atomic E-state index is 13.3. The third kappa shape index (κ3) is 3.04. The number of sulfonamides is 1. The smallest absolute Gasteiger partial charge is 0.255 e. The predicted molar refractivity (Wildman–Crippen MR) is 91.5 cm³/mol. The molecule has 1 fully saturated rings. The van der Waals surface area contributed by atoms with E-state index >= 15 is 0 Å². The van der Waals surface area contributed by atoms with Gasteiger partial charge >= 0.3 is 0 Å². The number of nitrogens with zero attached hydrogens (tertiary/aromatic N) is 1. The van der Waals surface area contributed by atoms with Gasteiger partial charge in [-0.25, -0.2) is 21.6 Å². The van der Waals surface area contributed by atoms with E-state index in [1.807, 2.05) is 0 Å². The summed E-state index contributed by atoms with van der Waals surface area (Å²) < 4.78 is 66.5. The van der Waals surface area contributed by atoms with Crippen molar-refractivity contribution in [2.75, 3.05) is 23.7 Å². The van der Waals surface area contributed by atoms with Crippen LogP contribution in [-0.2, 0) is 10.0 Å². The molecule has 2 bridgehead atoms. The van der Waals surface area contributed by atoms with Crippen LogP contribution in [0.2, 0.25) is 0 Å². The quantitative estimate of drug-likeness (QED) is 0.764. The average molecular weight is 397 g/mol. The van der Waals surface area contributed by atoms with Crippen molar-refractivity contribution in [3.63, 3.8) is 0 Å². The number of carbonyl (C=O) groups is 1. The molecule has 2 aromatic carbocycles. The van der Waals surface area contributed by atoms with Crippen molar-refractivity contribution in [1.82, 2.24) is 4.31 Å². The first kappa shape index (κ1) is 17.8. The monoisotopic (exact) mass is 397 g/mol. The van der Waals surface area contributed by atoms with Crippen LogP contribution < -0.4 is 10.6 Å². The Morgan fingerprint density at radius 1 is 1.15 bits per heavy atom. The molecule has 2 heterocycles. The molecule has 0 saturated carbocycles. The highest BCUT2D eigenvalue weighted by atomic mass is 32.2. The Morgan fingerprint density at radius 3 is 2.56 bits per heavy atom. The van der Waals surface area contributed by atoms with Gasteiger partial charge in [-0.15, -0.1) is 0 Å². The Bertz CT molecular complexity index is 1040. The lowest BCUT2D eigenvalue weighted by Gasteiger charge is -2.17. The largest absolute Gasteiger partial charge is 0.380 e. The standard InChI is InChI=1S/C17H14F3N3O3S/c18-12-6-11(7-13(19)16(12)20)22-17(24)9-1-2-14-15(5-9)27(25,26)23-4-3-10(8-23)21-14/h1-2,5-7,10,21H,3-4,8H2,(H,22,24). The summed E-state index contributed by atoms with van der Waals surface area (Å²) in [7, 11) is -3.75. The van der Waals surface area contributed by atoms with E-state index in [9.17, 15) is 26.4 Å². The van der Waals surface area contributed by atoms with Crippen LogP contribution in [0.4, 0.5) is 24.5 Å². The summed E-state index contributed by atoms with van der Waals surface area (Å²) in [6, 6.07) is 5.39. The van der Waals surface area contributed by atoms with Gasteiger partial charge in [-0.3, -0.25) is 4.79 Å². The number of halogens is 3. The number of amides is 1. The molecule has 10 heteroatoms. The van der Waals surface area contributed by atoms with Crippen LogP contribution in [-0.4, -0.2) is 37.8 Å². The fraction of sp³-hybridized carbons (Fsp3) is 0.235. The molecule has 2 N–H and O–H groups in total. The Hall–Kier alpha value is -2.59. The second kappa shape index (κ2) is 6.24. The molecule has 4 rings (SSSR count). The highest BCUT2D eigenvalue weighted by Crippen LogP contribution is 2.33. The maximum atomic E-state index is 13.3. The Balaban J connectivity index is 1.67. The van der Waals surface area contributed by atoms with E-state index in [2.05, 4.69) is 10.6 Å². The van der Waals surface area contributed by atoms with E-state index in [-0.39, 0.29) is 22.2 Å². The van der Waals surface area contributed by atoms with E-state index in [0.717, 1.165) is 0 Å². The van der Waals surface area contributed by atoms with Crippen molar-refractivity contribution in [2.24, 2.45) is 0 Å². The first-order valence-electron chi connectivity index (χ1n) is 8.12. The van der Waals surface area contributed by atoms with Gasteiger partial charge in [0.2, 0.25) is 10.0 Å². The summed E-state index contributed by atoms with van der Waals surface area (Å²) in [5.41, 5.74) is 0.107. The molecule has 2 aromatic rings. The second-order valence-corrected chi connectivity index (χ2v) is 8.32. The zero-order valence-electron chi connectivity index (χ0n) is 13.8. The van der Waals surface area contributed by atoms with Crippen LogP contribution in [0.25, 0.3) is 0 Å². The highest BCUT2D eigenvalue weighted by Gasteiger charge is 2.38. The molecule has 0 radical (unpaired) electrons. The predicted octanol–water partition coefficient (Wildman–Crippen LogP) is 2.54. The molecule has 0 spiro atoms. The fourth-order valence-electron chi connectivity index (χ4n) is 3.25. The topological polar surface area (TPSA) is 78.5 Å². The van der Waals surface area contributed by atoms with Crippen molar-refractivity contribution in [3.8, 4) is 0 Å². The molecule has 6 nitrogen and oxygen atoms in total. The first-order chi connectivity index (χ1) is 12.8. The number of carbonyl (C=O) groups excluding carboxylic acids is 1. The number of anilines is 2. The van der Waals surface area contributed by atoms with Gasteiger partial charge in [0.05, 0.1) is 5.69 Å². The van der Waals surface area contributed by atoms with Crippen molar-refractivity contribution in [3.05, 3.63) is 53.3 Å². The van der Waals surface area contributed by atoms with Gasteiger partial charge in [0.25, 0.3) is 5.91 Å². The van der Waals surface area contributed by atoms with Crippen LogP contribution in [0.5, 0.6) is 0 Å². The van der Waals surface area contributed by atoms with Gasteiger partial charge in [0.1, 0.15) is 4.90 Å². The van der Waals surface area contributed by atoms with Crippen molar-refractivity contribution in [1.29, 1.82) is 0 Å². The van der Waals surface area contributed by atoms with Gasteiger partial charge in [0, 0.05) is 42.5 Å². The molecule has 2 atom stereocenters. The lowest BCUT2D eigenvalue weighted by atomic mass is 10.1. The molecule has 2 unspecified atom stereocenters. The molecule has 27 heavy (non-hydrogen) atoms. The van der Waals surface area contributed by atoms with Crippen LogP contribution >= 0.6 is 0 Å². The fourth-order valence-corrected chi connectivity index (χ4v) is 4.93. The molecular weight excluding hydrogens is 383 g/mol. The molecule has 1 saturated heterocycles. The minimum atomic E-state index is -3.75. The summed E-state index contributed by atoms with van der Waals surface area (Å²) >= 11 is 0. The molecule has 142 valence electrons. The molecule has 1 amide bonds. The van der Waals surface area contributed by atoms with Crippen molar-refractivity contribution in [2.45, 2.75) is 17.4 Å². The van der Waals surface area contributed by atoms with Gasteiger partial charge in [0.15, 0.2) is 17.5 Å². The number of rotatable bonds is 2. The lowest BCUT2D eigenvalue weighted by molar-refractivity contribution is 0.102. The van der Waals surface area contributed by atoms with E-state index in [1.165, 1.54) is 22.5 Å².